The Morgan fingerprint density at radius 3 is 2.86 bits per heavy atom. The van der Waals surface area contributed by atoms with Gasteiger partial charge in [-0.2, -0.15) is 0 Å². The molecule has 0 aliphatic carbocycles. The van der Waals surface area contributed by atoms with Crippen LogP contribution in [-0.2, 0) is 11.2 Å². The largest absolute Gasteiger partial charge is 0.338 e. The standard InChI is InChI=1S/C17H25FN2O.ClH/c1-13(9-10-14-6-3-4-8-16(14)18)17(21)20-11-5-7-15(20)12-19-2;/h3-4,6,8,13,15,19H,5,7,9-12H2,1-2H3;1H. The first-order valence-electron chi connectivity index (χ1n) is 7.82. The molecule has 1 aliphatic rings. The van der Waals surface area contributed by atoms with Crippen molar-refractivity contribution in [2.24, 2.45) is 5.92 Å². The van der Waals surface area contributed by atoms with Crippen molar-refractivity contribution in [2.45, 2.75) is 38.6 Å². The lowest BCUT2D eigenvalue weighted by Gasteiger charge is -2.27. The molecule has 124 valence electrons. The highest BCUT2D eigenvalue weighted by molar-refractivity contribution is 5.85. The van der Waals surface area contributed by atoms with Crippen molar-refractivity contribution in [1.29, 1.82) is 0 Å². The first-order chi connectivity index (χ1) is 10.1. The van der Waals surface area contributed by atoms with E-state index in [1.165, 1.54) is 6.07 Å². The number of nitrogens with zero attached hydrogens (tertiary/aromatic N) is 1. The highest BCUT2D eigenvalue weighted by Gasteiger charge is 2.30. The third kappa shape index (κ3) is 4.68. The van der Waals surface area contributed by atoms with Gasteiger partial charge in [-0.3, -0.25) is 4.79 Å². The number of nitrogens with one attached hydrogen (secondary N) is 1. The first kappa shape index (κ1) is 18.9. The molecule has 1 heterocycles. The maximum atomic E-state index is 13.6. The number of amides is 1. The third-order valence-corrected chi connectivity index (χ3v) is 4.33. The van der Waals surface area contributed by atoms with E-state index in [1.807, 2.05) is 24.9 Å². The molecule has 1 aromatic carbocycles. The quantitative estimate of drug-likeness (QED) is 0.870. The topological polar surface area (TPSA) is 32.3 Å². The van der Waals surface area contributed by atoms with E-state index in [-0.39, 0.29) is 30.0 Å². The Labute approximate surface area is 138 Å². The minimum Gasteiger partial charge on any atom is -0.338 e. The number of hydrogen-bond donors (Lipinski definition) is 1. The lowest BCUT2D eigenvalue weighted by Crippen LogP contribution is -2.43. The van der Waals surface area contributed by atoms with Crippen molar-refractivity contribution in [3.63, 3.8) is 0 Å². The average Bonchev–Trinajstić information content (AvgIpc) is 2.94. The van der Waals surface area contributed by atoms with Crippen LogP contribution in [-0.4, -0.2) is 37.0 Å². The van der Waals surface area contributed by atoms with Crippen LogP contribution in [0, 0.1) is 11.7 Å². The molecule has 1 aliphatic heterocycles. The monoisotopic (exact) mass is 328 g/mol. The number of aryl methyl sites for hydroxylation is 1. The Kier molecular flexibility index (Phi) is 7.83. The molecule has 2 atom stereocenters. The van der Waals surface area contributed by atoms with Crippen LogP contribution < -0.4 is 5.32 Å². The predicted molar refractivity (Wildman–Crippen MR) is 89.8 cm³/mol. The van der Waals surface area contributed by atoms with Crippen LogP contribution in [0.4, 0.5) is 4.39 Å². The predicted octanol–water partition coefficient (Wildman–Crippen LogP) is 3.03. The van der Waals surface area contributed by atoms with E-state index in [4.69, 9.17) is 0 Å². The van der Waals surface area contributed by atoms with Gasteiger partial charge in [0.25, 0.3) is 0 Å². The highest BCUT2D eigenvalue weighted by atomic mass is 35.5. The second-order valence-corrected chi connectivity index (χ2v) is 5.92. The molecule has 0 bridgehead atoms. The highest BCUT2D eigenvalue weighted by Crippen LogP contribution is 2.21. The fourth-order valence-electron chi connectivity index (χ4n) is 3.05. The van der Waals surface area contributed by atoms with Crippen molar-refractivity contribution in [2.75, 3.05) is 20.1 Å². The third-order valence-electron chi connectivity index (χ3n) is 4.33. The summed E-state index contributed by atoms with van der Waals surface area (Å²) in [5, 5.41) is 3.16. The van der Waals surface area contributed by atoms with E-state index < -0.39 is 0 Å². The van der Waals surface area contributed by atoms with Crippen LogP contribution >= 0.6 is 12.4 Å². The van der Waals surface area contributed by atoms with Gasteiger partial charge in [0.15, 0.2) is 0 Å². The van der Waals surface area contributed by atoms with E-state index >= 15 is 0 Å². The molecule has 1 N–H and O–H groups in total. The van der Waals surface area contributed by atoms with Gasteiger partial charge in [0.1, 0.15) is 5.82 Å². The van der Waals surface area contributed by atoms with Crippen molar-refractivity contribution in [3.8, 4) is 0 Å². The van der Waals surface area contributed by atoms with Crippen LogP contribution in [0.3, 0.4) is 0 Å². The van der Waals surface area contributed by atoms with Crippen LogP contribution in [0.25, 0.3) is 0 Å². The molecule has 0 radical (unpaired) electrons. The molecular weight excluding hydrogens is 303 g/mol. The molecule has 1 amide bonds. The Bertz CT molecular complexity index is 483. The number of benzene rings is 1. The van der Waals surface area contributed by atoms with E-state index in [0.29, 0.717) is 24.4 Å². The lowest BCUT2D eigenvalue weighted by atomic mass is 9.99. The molecular formula is C17H26ClFN2O. The molecule has 0 spiro atoms. The smallest absolute Gasteiger partial charge is 0.225 e. The minimum absolute atomic E-state index is 0. The summed E-state index contributed by atoms with van der Waals surface area (Å²) in [6.07, 6.45) is 3.47. The van der Waals surface area contributed by atoms with Gasteiger partial charge in [-0.05, 0) is 44.4 Å². The molecule has 2 unspecified atom stereocenters. The normalized spacial score (nSPS) is 18.9. The van der Waals surface area contributed by atoms with Crippen LogP contribution in [0.1, 0.15) is 31.7 Å². The molecule has 5 heteroatoms. The molecule has 0 saturated carbocycles. The Balaban J connectivity index is 0.00000242. The van der Waals surface area contributed by atoms with Crippen molar-refractivity contribution < 1.29 is 9.18 Å². The lowest BCUT2D eigenvalue weighted by molar-refractivity contribution is -0.135. The number of halogens is 2. The zero-order chi connectivity index (χ0) is 15.2. The molecule has 1 saturated heterocycles. The van der Waals surface area contributed by atoms with Gasteiger partial charge in [0.2, 0.25) is 5.91 Å². The Morgan fingerprint density at radius 1 is 1.45 bits per heavy atom. The summed E-state index contributed by atoms with van der Waals surface area (Å²) in [4.78, 5) is 14.5. The number of rotatable bonds is 6. The van der Waals surface area contributed by atoms with Crippen molar-refractivity contribution in [1.82, 2.24) is 10.2 Å². The number of likely N-dealkylation sites (N-methyl/N-ethyl adjacent to an activating group) is 1. The molecule has 2 rings (SSSR count). The maximum Gasteiger partial charge on any atom is 0.225 e. The summed E-state index contributed by atoms with van der Waals surface area (Å²) in [6.45, 7) is 3.67. The van der Waals surface area contributed by atoms with Gasteiger partial charge in [0, 0.05) is 25.0 Å². The second kappa shape index (κ2) is 9.11. The van der Waals surface area contributed by atoms with Gasteiger partial charge >= 0.3 is 0 Å². The van der Waals surface area contributed by atoms with Gasteiger partial charge in [-0.15, -0.1) is 12.4 Å². The van der Waals surface area contributed by atoms with E-state index in [2.05, 4.69) is 5.32 Å². The second-order valence-electron chi connectivity index (χ2n) is 5.92. The fraction of sp³-hybridized carbons (Fsp3) is 0.588. The minimum atomic E-state index is -0.175. The zero-order valence-electron chi connectivity index (χ0n) is 13.3. The Morgan fingerprint density at radius 2 is 2.18 bits per heavy atom. The Hall–Kier alpha value is -1.13. The van der Waals surface area contributed by atoms with Gasteiger partial charge in [-0.1, -0.05) is 25.1 Å². The number of hydrogen-bond acceptors (Lipinski definition) is 2. The van der Waals surface area contributed by atoms with Gasteiger partial charge in [-0.25, -0.2) is 4.39 Å². The van der Waals surface area contributed by atoms with E-state index in [9.17, 15) is 9.18 Å². The summed E-state index contributed by atoms with van der Waals surface area (Å²) >= 11 is 0. The van der Waals surface area contributed by atoms with Crippen molar-refractivity contribution in [3.05, 3.63) is 35.6 Å². The van der Waals surface area contributed by atoms with Crippen LogP contribution in [0.15, 0.2) is 24.3 Å². The number of carbonyl (C=O) groups excluding carboxylic acids is 1. The number of carbonyl (C=O) groups is 1. The molecule has 1 aromatic rings. The maximum absolute atomic E-state index is 13.6. The summed E-state index contributed by atoms with van der Waals surface area (Å²) in [5.41, 5.74) is 0.699. The van der Waals surface area contributed by atoms with Gasteiger partial charge in [0.05, 0.1) is 0 Å². The zero-order valence-corrected chi connectivity index (χ0v) is 14.2. The SMILES string of the molecule is CNCC1CCCN1C(=O)C(C)CCc1ccccc1F.Cl. The average molecular weight is 329 g/mol. The van der Waals surface area contributed by atoms with Crippen molar-refractivity contribution >= 4 is 18.3 Å². The summed E-state index contributed by atoms with van der Waals surface area (Å²) in [7, 11) is 1.92. The van der Waals surface area contributed by atoms with Crippen LogP contribution in [0.2, 0.25) is 0 Å². The summed E-state index contributed by atoms with van der Waals surface area (Å²) < 4.78 is 13.6. The first-order valence-corrected chi connectivity index (χ1v) is 7.82. The molecule has 3 nitrogen and oxygen atoms in total. The number of likely N-dealkylation sites (tertiary alicyclic amines) is 1. The van der Waals surface area contributed by atoms with Crippen LogP contribution in [0.5, 0.6) is 0 Å². The van der Waals surface area contributed by atoms with E-state index in [0.717, 1.165) is 25.9 Å². The summed E-state index contributed by atoms with van der Waals surface area (Å²) in [6, 6.07) is 7.13. The van der Waals surface area contributed by atoms with Gasteiger partial charge < -0.3 is 10.2 Å². The molecule has 1 fully saturated rings. The fourth-order valence-corrected chi connectivity index (χ4v) is 3.05. The molecule has 22 heavy (non-hydrogen) atoms. The summed E-state index contributed by atoms with van der Waals surface area (Å²) in [5.74, 6) is -0.0162. The van der Waals surface area contributed by atoms with E-state index in [1.54, 1.807) is 12.1 Å². The molecule has 0 aromatic heterocycles.